The lowest BCUT2D eigenvalue weighted by molar-refractivity contribution is 0.0209. The van der Waals surface area contributed by atoms with E-state index in [1.165, 1.54) is 0 Å². The molecular formula is C17H24N2O4. The third-order valence-electron chi connectivity index (χ3n) is 4.48. The predicted octanol–water partition coefficient (Wildman–Crippen LogP) is 1.18. The largest absolute Gasteiger partial charge is 0.445 e. The first-order valence-corrected chi connectivity index (χ1v) is 8.14. The monoisotopic (exact) mass is 320 g/mol. The second-order valence-electron chi connectivity index (χ2n) is 6.48. The Hall–Kier alpha value is -1.63. The Kier molecular flexibility index (Phi) is 5.15. The van der Waals surface area contributed by atoms with Crippen LogP contribution >= 0.6 is 0 Å². The molecule has 1 unspecified atom stereocenters. The molecule has 1 saturated carbocycles. The molecule has 1 aromatic rings. The number of aliphatic hydroxyl groups is 1. The van der Waals surface area contributed by atoms with Gasteiger partial charge in [-0.15, -0.1) is 0 Å². The summed E-state index contributed by atoms with van der Waals surface area (Å²) < 4.78 is 10.4. The van der Waals surface area contributed by atoms with Crippen molar-refractivity contribution < 1.29 is 19.4 Å². The summed E-state index contributed by atoms with van der Waals surface area (Å²) in [6.45, 7) is 1.86. The topological polar surface area (TPSA) is 79.8 Å². The van der Waals surface area contributed by atoms with E-state index in [9.17, 15) is 9.90 Å². The third kappa shape index (κ3) is 4.67. The van der Waals surface area contributed by atoms with Crippen LogP contribution in [-0.4, -0.2) is 48.6 Å². The highest BCUT2D eigenvalue weighted by Crippen LogP contribution is 2.23. The molecule has 6 heteroatoms. The Morgan fingerprint density at radius 2 is 2.09 bits per heavy atom. The van der Waals surface area contributed by atoms with E-state index in [2.05, 4.69) is 10.6 Å². The quantitative estimate of drug-likeness (QED) is 0.733. The van der Waals surface area contributed by atoms with Crippen molar-refractivity contribution in [2.24, 2.45) is 0 Å². The van der Waals surface area contributed by atoms with Crippen molar-refractivity contribution in [2.45, 2.75) is 43.6 Å². The van der Waals surface area contributed by atoms with Crippen molar-refractivity contribution in [3.63, 3.8) is 0 Å². The van der Waals surface area contributed by atoms with Crippen LogP contribution in [0.5, 0.6) is 0 Å². The van der Waals surface area contributed by atoms with Crippen LogP contribution in [0.1, 0.15) is 24.8 Å². The Morgan fingerprint density at radius 3 is 2.78 bits per heavy atom. The molecule has 3 rings (SSSR count). The zero-order valence-corrected chi connectivity index (χ0v) is 13.2. The van der Waals surface area contributed by atoms with E-state index in [0.29, 0.717) is 32.2 Å². The molecule has 126 valence electrons. The number of alkyl carbamates (subject to hydrolysis) is 1. The molecule has 23 heavy (non-hydrogen) atoms. The molecule has 1 aliphatic heterocycles. The summed E-state index contributed by atoms with van der Waals surface area (Å²) in [6.07, 6.45) is 2.02. The summed E-state index contributed by atoms with van der Waals surface area (Å²) in [7, 11) is 0. The Bertz CT molecular complexity index is 511. The molecule has 2 fully saturated rings. The molecule has 0 spiro atoms. The summed E-state index contributed by atoms with van der Waals surface area (Å²) in [5, 5.41) is 16.4. The lowest BCUT2D eigenvalue weighted by Crippen LogP contribution is -2.55. The molecule has 1 heterocycles. The van der Waals surface area contributed by atoms with Crippen molar-refractivity contribution in [2.75, 3.05) is 19.8 Å². The Labute approximate surface area is 136 Å². The maximum absolute atomic E-state index is 11.7. The van der Waals surface area contributed by atoms with E-state index in [4.69, 9.17) is 9.47 Å². The van der Waals surface area contributed by atoms with Gasteiger partial charge in [0.1, 0.15) is 12.2 Å². The normalized spacial score (nSPS) is 29.8. The first-order valence-electron chi connectivity index (χ1n) is 8.14. The second-order valence-corrected chi connectivity index (χ2v) is 6.48. The maximum atomic E-state index is 11.7. The SMILES string of the molecule is O=C(NC1CC(NCC2(O)CCOC2)C1)OCc1ccccc1. The van der Waals surface area contributed by atoms with Crippen LogP contribution in [0.25, 0.3) is 0 Å². The van der Waals surface area contributed by atoms with Crippen molar-refractivity contribution in [3.05, 3.63) is 35.9 Å². The van der Waals surface area contributed by atoms with Gasteiger partial charge < -0.3 is 25.2 Å². The molecule has 1 amide bonds. The lowest BCUT2D eigenvalue weighted by Gasteiger charge is -2.37. The Balaban J connectivity index is 1.28. The molecular weight excluding hydrogens is 296 g/mol. The first kappa shape index (κ1) is 16.2. The summed E-state index contributed by atoms with van der Waals surface area (Å²) in [4.78, 5) is 11.7. The van der Waals surface area contributed by atoms with Crippen LogP contribution in [0.3, 0.4) is 0 Å². The molecule has 1 aromatic carbocycles. The van der Waals surface area contributed by atoms with E-state index >= 15 is 0 Å². The number of nitrogens with one attached hydrogen (secondary N) is 2. The predicted molar refractivity (Wildman–Crippen MR) is 85.0 cm³/mol. The van der Waals surface area contributed by atoms with Gasteiger partial charge in [-0.25, -0.2) is 4.79 Å². The minimum atomic E-state index is -0.729. The number of ether oxygens (including phenoxy) is 2. The number of benzene rings is 1. The first-order chi connectivity index (χ1) is 11.1. The van der Waals surface area contributed by atoms with Crippen LogP contribution in [0.2, 0.25) is 0 Å². The van der Waals surface area contributed by atoms with E-state index in [-0.39, 0.29) is 18.7 Å². The van der Waals surface area contributed by atoms with Gasteiger partial charge in [-0.05, 0) is 18.4 Å². The second kappa shape index (κ2) is 7.29. The molecule has 0 bridgehead atoms. The van der Waals surface area contributed by atoms with Gasteiger partial charge in [0.2, 0.25) is 0 Å². The molecule has 1 atom stereocenters. The zero-order chi connectivity index (χ0) is 16.1. The van der Waals surface area contributed by atoms with Gasteiger partial charge in [0, 0.05) is 31.7 Å². The number of amides is 1. The van der Waals surface area contributed by atoms with Gasteiger partial charge in [0.25, 0.3) is 0 Å². The molecule has 0 radical (unpaired) electrons. The van der Waals surface area contributed by atoms with Crippen LogP contribution in [0, 0.1) is 0 Å². The van der Waals surface area contributed by atoms with Gasteiger partial charge in [0.05, 0.1) is 6.61 Å². The Morgan fingerprint density at radius 1 is 1.30 bits per heavy atom. The number of hydrogen-bond donors (Lipinski definition) is 3. The van der Waals surface area contributed by atoms with Crippen molar-refractivity contribution >= 4 is 6.09 Å². The number of rotatable bonds is 6. The van der Waals surface area contributed by atoms with Crippen molar-refractivity contribution in [1.82, 2.24) is 10.6 Å². The van der Waals surface area contributed by atoms with E-state index in [1.807, 2.05) is 30.3 Å². The minimum absolute atomic E-state index is 0.144. The summed E-state index contributed by atoms with van der Waals surface area (Å²) in [5.74, 6) is 0. The third-order valence-corrected chi connectivity index (χ3v) is 4.48. The fourth-order valence-electron chi connectivity index (χ4n) is 2.90. The van der Waals surface area contributed by atoms with Gasteiger partial charge in [-0.1, -0.05) is 30.3 Å². The highest BCUT2D eigenvalue weighted by molar-refractivity contribution is 5.67. The standard InChI is InChI=1S/C17H24N2O4/c20-16(23-10-13-4-2-1-3-5-13)19-15-8-14(9-15)18-11-17(21)6-7-22-12-17/h1-5,14-15,18,21H,6-12H2,(H,19,20). The fraction of sp³-hybridized carbons (Fsp3) is 0.588. The summed E-state index contributed by atoms with van der Waals surface area (Å²) in [5.41, 5.74) is 0.246. The highest BCUT2D eigenvalue weighted by Gasteiger charge is 2.36. The van der Waals surface area contributed by atoms with Gasteiger partial charge in [0.15, 0.2) is 0 Å². The number of carbonyl (C=O) groups is 1. The van der Waals surface area contributed by atoms with Crippen molar-refractivity contribution in [3.8, 4) is 0 Å². The highest BCUT2D eigenvalue weighted by atomic mass is 16.5. The molecule has 2 aliphatic rings. The van der Waals surface area contributed by atoms with Crippen LogP contribution in [0.15, 0.2) is 30.3 Å². The van der Waals surface area contributed by atoms with Crippen LogP contribution in [0.4, 0.5) is 4.79 Å². The molecule has 6 nitrogen and oxygen atoms in total. The van der Waals surface area contributed by atoms with Gasteiger partial charge in [-0.3, -0.25) is 0 Å². The molecule has 0 aromatic heterocycles. The zero-order valence-electron chi connectivity index (χ0n) is 13.2. The van der Waals surface area contributed by atoms with E-state index in [1.54, 1.807) is 0 Å². The van der Waals surface area contributed by atoms with Gasteiger partial charge >= 0.3 is 6.09 Å². The number of hydrogen-bond acceptors (Lipinski definition) is 5. The smallest absolute Gasteiger partial charge is 0.407 e. The van der Waals surface area contributed by atoms with Crippen molar-refractivity contribution in [1.29, 1.82) is 0 Å². The van der Waals surface area contributed by atoms with Crippen LogP contribution in [-0.2, 0) is 16.1 Å². The minimum Gasteiger partial charge on any atom is -0.445 e. The summed E-state index contributed by atoms with van der Waals surface area (Å²) in [6, 6.07) is 10.1. The van der Waals surface area contributed by atoms with E-state index in [0.717, 1.165) is 18.4 Å². The molecule has 3 N–H and O–H groups in total. The number of carbonyl (C=O) groups excluding carboxylic acids is 1. The molecule has 1 aliphatic carbocycles. The lowest BCUT2D eigenvalue weighted by atomic mass is 9.86. The average Bonchev–Trinajstić information content (AvgIpc) is 2.95. The van der Waals surface area contributed by atoms with E-state index < -0.39 is 5.60 Å². The summed E-state index contributed by atoms with van der Waals surface area (Å²) >= 11 is 0. The molecule has 1 saturated heterocycles. The average molecular weight is 320 g/mol. The van der Waals surface area contributed by atoms with Gasteiger partial charge in [-0.2, -0.15) is 0 Å². The fourth-order valence-corrected chi connectivity index (χ4v) is 2.90. The maximum Gasteiger partial charge on any atom is 0.407 e. The van der Waals surface area contributed by atoms with Crippen LogP contribution < -0.4 is 10.6 Å².